The Morgan fingerprint density at radius 1 is 1.11 bits per heavy atom. The lowest BCUT2D eigenvalue weighted by Crippen LogP contribution is -2.22. The average Bonchev–Trinajstić information content (AvgIpc) is 2.71. The van der Waals surface area contributed by atoms with Gasteiger partial charge in [-0.05, 0) is 32.9 Å². The van der Waals surface area contributed by atoms with Crippen LogP contribution >= 0.6 is 0 Å². The van der Waals surface area contributed by atoms with Crippen LogP contribution in [0.15, 0.2) is 30.6 Å². The first-order valence-corrected chi connectivity index (χ1v) is 6.42. The molecule has 0 spiro atoms. The monoisotopic (exact) mass is 258 g/mol. The number of imidazole rings is 1. The number of hydrogen-bond acceptors (Lipinski definition) is 3. The van der Waals surface area contributed by atoms with Gasteiger partial charge in [-0.2, -0.15) is 0 Å². The van der Waals surface area contributed by atoms with Gasteiger partial charge in [-0.25, -0.2) is 4.98 Å². The molecule has 0 amide bonds. The Balaban J connectivity index is 2.40. The second kappa shape index (κ2) is 4.61. The van der Waals surface area contributed by atoms with Crippen molar-refractivity contribution in [3.8, 4) is 11.3 Å². The third-order valence-corrected chi connectivity index (χ3v) is 3.18. The van der Waals surface area contributed by atoms with E-state index in [2.05, 4.69) is 54.9 Å². The van der Waals surface area contributed by atoms with E-state index in [4.69, 9.17) is 5.73 Å². The summed E-state index contributed by atoms with van der Waals surface area (Å²) in [4.78, 5) is 6.52. The van der Waals surface area contributed by atoms with E-state index < -0.39 is 0 Å². The van der Waals surface area contributed by atoms with Gasteiger partial charge in [0.05, 0.1) is 6.33 Å². The fourth-order valence-corrected chi connectivity index (χ4v) is 2.03. The summed E-state index contributed by atoms with van der Waals surface area (Å²) < 4.78 is 2.00. The van der Waals surface area contributed by atoms with Crippen LogP contribution in [-0.2, 0) is 5.54 Å². The first-order chi connectivity index (χ1) is 8.80. The molecule has 0 fully saturated rings. The highest BCUT2D eigenvalue weighted by Crippen LogP contribution is 2.29. The van der Waals surface area contributed by atoms with Crippen molar-refractivity contribution in [2.24, 2.45) is 0 Å². The smallest absolute Gasteiger partial charge is 0.132 e. The van der Waals surface area contributed by atoms with Gasteiger partial charge in [0.2, 0.25) is 0 Å². The van der Waals surface area contributed by atoms with Crippen molar-refractivity contribution < 1.29 is 0 Å². The maximum atomic E-state index is 6.21. The molecule has 0 saturated heterocycles. The van der Waals surface area contributed by atoms with Crippen LogP contribution in [0.2, 0.25) is 0 Å². The molecule has 4 nitrogen and oxygen atoms in total. The summed E-state index contributed by atoms with van der Waals surface area (Å²) in [6.07, 6.45) is 1.81. The van der Waals surface area contributed by atoms with Crippen molar-refractivity contribution in [1.29, 1.82) is 0 Å². The molecule has 1 heterocycles. The summed E-state index contributed by atoms with van der Waals surface area (Å²) >= 11 is 0. The second-order valence-electron chi connectivity index (χ2n) is 5.96. The first-order valence-electron chi connectivity index (χ1n) is 6.42. The van der Waals surface area contributed by atoms with Crippen molar-refractivity contribution in [3.63, 3.8) is 0 Å². The van der Waals surface area contributed by atoms with Gasteiger partial charge in [0.25, 0.3) is 0 Å². The van der Waals surface area contributed by atoms with E-state index in [1.54, 1.807) is 0 Å². The molecule has 0 aliphatic heterocycles. The highest BCUT2D eigenvalue weighted by Gasteiger charge is 2.19. The van der Waals surface area contributed by atoms with Crippen LogP contribution in [0.3, 0.4) is 0 Å². The number of nitrogen functional groups attached to an aromatic ring is 1. The van der Waals surface area contributed by atoms with Gasteiger partial charge in [0, 0.05) is 30.9 Å². The van der Waals surface area contributed by atoms with E-state index in [1.807, 2.05) is 25.0 Å². The van der Waals surface area contributed by atoms with E-state index in [0.717, 1.165) is 16.9 Å². The largest absolute Gasteiger partial charge is 0.383 e. The molecule has 0 bridgehead atoms. The molecule has 2 aromatic rings. The van der Waals surface area contributed by atoms with Crippen LogP contribution in [0, 0.1) is 0 Å². The highest BCUT2D eigenvalue weighted by atomic mass is 15.2. The Morgan fingerprint density at radius 2 is 1.68 bits per heavy atom. The molecular weight excluding hydrogens is 236 g/mol. The Kier molecular flexibility index (Phi) is 3.27. The molecule has 0 saturated carbocycles. The van der Waals surface area contributed by atoms with Crippen molar-refractivity contribution in [2.75, 3.05) is 24.7 Å². The summed E-state index contributed by atoms with van der Waals surface area (Å²) in [5, 5.41) is 0. The zero-order valence-corrected chi connectivity index (χ0v) is 12.3. The van der Waals surface area contributed by atoms with Gasteiger partial charge in [0.1, 0.15) is 11.5 Å². The summed E-state index contributed by atoms with van der Waals surface area (Å²) in [7, 11) is 4.05. The van der Waals surface area contributed by atoms with E-state index in [-0.39, 0.29) is 5.54 Å². The summed E-state index contributed by atoms with van der Waals surface area (Å²) in [5.41, 5.74) is 9.21. The Hall–Kier alpha value is -1.97. The maximum Gasteiger partial charge on any atom is 0.132 e. The van der Waals surface area contributed by atoms with Gasteiger partial charge in [-0.1, -0.05) is 12.1 Å². The third-order valence-electron chi connectivity index (χ3n) is 3.18. The average molecular weight is 258 g/mol. The summed E-state index contributed by atoms with van der Waals surface area (Å²) in [6.45, 7) is 6.35. The molecule has 0 aliphatic carbocycles. The molecule has 19 heavy (non-hydrogen) atoms. The SMILES string of the molecule is CN(C)c1ccc(-c2ncn(C(C)(C)C)c2N)cc1. The van der Waals surface area contributed by atoms with Gasteiger partial charge in [0.15, 0.2) is 0 Å². The van der Waals surface area contributed by atoms with Crippen LogP contribution in [0.25, 0.3) is 11.3 Å². The van der Waals surface area contributed by atoms with Gasteiger partial charge < -0.3 is 15.2 Å². The molecule has 0 aliphatic rings. The molecule has 2 N–H and O–H groups in total. The molecule has 1 aromatic heterocycles. The fourth-order valence-electron chi connectivity index (χ4n) is 2.03. The number of aromatic nitrogens is 2. The normalized spacial score (nSPS) is 11.6. The number of hydrogen-bond donors (Lipinski definition) is 1. The zero-order valence-electron chi connectivity index (χ0n) is 12.3. The predicted octanol–water partition coefficient (Wildman–Crippen LogP) is 2.95. The van der Waals surface area contributed by atoms with E-state index in [9.17, 15) is 0 Å². The zero-order chi connectivity index (χ0) is 14.2. The van der Waals surface area contributed by atoms with Crippen molar-refractivity contribution in [3.05, 3.63) is 30.6 Å². The van der Waals surface area contributed by atoms with E-state index >= 15 is 0 Å². The second-order valence-corrected chi connectivity index (χ2v) is 5.96. The van der Waals surface area contributed by atoms with Crippen LogP contribution in [-0.4, -0.2) is 23.6 Å². The van der Waals surface area contributed by atoms with Crippen molar-refractivity contribution in [2.45, 2.75) is 26.3 Å². The summed E-state index contributed by atoms with van der Waals surface area (Å²) in [5.74, 6) is 0.713. The van der Waals surface area contributed by atoms with E-state index in [1.165, 1.54) is 0 Å². The molecule has 4 heteroatoms. The summed E-state index contributed by atoms with van der Waals surface area (Å²) in [6, 6.07) is 8.26. The predicted molar refractivity (Wildman–Crippen MR) is 81.4 cm³/mol. The molecular formula is C15H22N4. The van der Waals surface area contributed by atoms with Crippen LogP contribution in [0.5, 0.6) is 0 Å². The van der Waals surface area contributed by atoms with Crippen molar-refractivity contribution >= 4 is 11.5 Å². The Bertz CT molecular complexity index is 559. The topological polar surface area (TPSA) is 47.1 Å². The molecule has 0 atom stereocenters. The standard InChI is InChI=1S/C15H22N4/c1-15(2,3)19-10-17-13(14(19)16)11-6-8-12(9-7-11)18(4)5/h6-10H,16H2,1-5H3. The number of nitrogens with zero attached hydrogens (tertiary/aromatic N) is 3. The van der Waals surface area contributed by atoms with Crippen LogP contribution in [0.4, 0.5) is 11.5 Å². The minimum atomic E-state index is -0.0566. The lowest BCUT2D eigenvalue weighted by atomic mass is 10.1. The highest BCUT2D eigenvalue weighted by molar-refractivity contribution is 5.72. The number of anilines is 2. The molecule has 2 rings (SSSR count). The third kappa shape index (κ3) is 2.57. The minimum Gasteiger partial charge on any atom is -0.383 e. The lowest BCUT2D eigenvalue weighted by molar-refractivity contribution is 0.402. The van der Waals surface area contributed by atoms with Gasteiger partial charge in [-0.15, -0.1) is 0 Å². The Morgan fingerprint density at radius 3 is 2.11 bits per heavy atom. The van der Waals surface area contributed by atoms with Gasteiger partial charge >= 0.3 is 0 Å². The Labute approximate surface area is 114 Å². The quantitative estimate of drug-likeness (QED) is 0.901. The maximum absolute atomic E-state index is 6.21. The molecule has 102 valence electrons. The molecule has 0 unspecified atom stereocenters. The number of benzene rings is 1. The van der Waals surface area contributed by atoms with Crippen molar-refractivity contribution in [1.82, 2.24) is 9.55 Å². The van der Waals surface area contributed by atoms with Crippen LogP contribution in [0.1, 0.15) is 20.8 Å². The van der Waals surface area contributed by atoms with Crippen LogP contribution < -0.4 is 10.6 Å². The number of rotatable bonds is 2. The fraction of sp³-hybridized carbons (Fsp3) is 0.400. The van der Waals surface area contributed by atoms with Gasteiger partial charge in [-0.3, -0.25) is 0 Å². The number of nitrogens with two attached hydrogens (primary N) is 1. The molecule has 0 radical (unpaired) electrons. The van der Waals surface area contributed by atoms with E-state index in [0.29, 0.717) is 5.82 Å². The first kappa shape index (κ1) is 13.5. The lowest BCUT2D eigenvalue weighted by Gasteiger charge is -2.22. The minimum absolute atomic E-state index is 0.0566. The molecule has 1 aromatic carbocycles.